The topological polar surface area (TPSA) is 96.4 Å². The van der Waals surface area contributed by atoms with Crippen LogP contribution in [-0.2, 0) is 14.6 Å². The van der Waals surface area contributed by atoms with Crippen LogP contribution in [0.3, 0.4) is 0 Å². The summed E-state index contributed by atoms with van der Waals surface area (Å²) < 4.78 is 74.8. The maximum atomic E-state index is 13.4. The van der Waals surface area contributed by atoms with Gasteiger partial charge in [0.2, 0.25) is 0 Å². The number of anilines is 1. The second-order valence-corrected chi connectivity index (χ2v) is 9.74. The van der Waals surface area contributed by atoms with Gasteiger partial charge in [0.15, 0.2) is 0 Å². The summed E-state index contributed by atoms with van der Waals surface area (Å²) in [6.07, 6.45) is 3.07. The van der Waals surface area contributed by atoms with Crippen LogP contribution in [0.15, 0.2) is 71.9 Å². The average Bonchev–Trinajstić information content (AvgIpc) is 3.12. The molecule has 1 aliphatic rings. The molecule has 1 N–H and O–H groups in total. The number of carbonyl (C=O) groups is 2. The fraction of sp³-hybridized carbons (Fsp3) is 0.174. The number of nitrogens with zero attached hydrogens (tertiary/aromatic N) is 2. The van der Waals surface area contributed by atoms with E-state index in [0.717, 1.165) is 17.0 Å². The minimum atomic E-state index is -5.57. The number of pyridine rings is 1. The molecule has 0 radical (unpaired) electrons. The highest BCUT2D eigenvalue weighted by molar-refractivity contribution is 7.92. The molecule has 7 nitrogen and oxygen atoms in total. The Morgan fingerprint density at radius 1 is 1.00 bits per heavy atom. The molecule has 0 bridgehead atoms. The maximum absolute atomic E-state index is 13.4. The van der Waals surface area contributed by atoms with Crippen LogP contribution in [0.25, 0.3) is 11.1 Å². The molecule has 1 aliphatic heterocycles. The van der Waals surface area contributed by atoms with Crippen molar-refractivity contribution in [2.24, 2.45) is 0 Å². The zero-order valence-electron chi connectivity index (χ0n) is 18.0. The molecule has 182 valence electrons. The monoisotopic (exact) mass is 507 g/mol. The molecular formula is C23H17F4N3O4S. The van der Waals surface area contributed by atoms with E-state index >= 15 is 0 Å². The predicted molar refractivity (Wildman–Crippen MR) is 118 cm³/mol. The van der Waals surface area contributed by atoms with Crippen molar-refractivity contribution in [1.29, 1.82) is 0 Å². The SMILES string of the molecule is CC(c1ccncc1-c1ccc(F)cc1)C1NC(=O)N(c2ccc(S(=O)(=O)C(F)(F)F)cc2)C1=O. The van der Waals surface area contributed by atoms with Gasteiger partial charge in [0.1, 0.15) is 11.9 Å². The third kappa shape index (κ3) is 4.36. The number of hydrogen-bond donors (Lipinski definition) is 1. The number of urea groups is 1. The van der Waals surface area contributed by atoms with Gasteiger partial charge in [0, 0.05) is 23.9 Å². The lowest BCUT2D eigenvalue weighted by atomic mass is 9.88. The van der Waals surface area contributed by atoms with Crippen LogP contribution in [0.1, 0.15) is 18.4 Å². The molecule has 4 rings (SSSR count). The van der Waals surface area contributed by atoms with Crippen molar-refractivity contribution in [2.45, 2.75) is 29.3 Å². The zero-order chi connectivity index (χ0) is 25.5. The largest absolute Gasteiger partial charge is 0.501 e. The van der Waals surface area contributed by atoms with Crippen molar-refractivity contribution in [3.05, 3.63) is 78.4 Å². The third-order valence-electron chi connectivity index (χ3n) is 5.68. The van der Waals surface area contributed by atoms with E-state index in [-0.39, 0.29) is 5.69 Å². The summed E-state index contributed by atoms with van der Waals surface area (Å²) in [5.41, 5.74) is -3.64. The molecule has 1 fully saturated rings. The number of rotatable bonds is 5. The first-order valence-electron chi connectivity index (χ1n) is 10.2. The van der Waals surface area contributed by atoms with Crippen LogP contribution >= 0.6 is 0 Å². The van der Waals surface area contributed by atoms with E-state index in [2.05, 4.69) is 10.3 Å². The number of benzene rings is 2. The Balaban J connectivity index is 1.62. The van der Waals surface area contributed by atoms with Crippen molar-refractivity contribution >= 4 is 27.5 Å². The van der Waals surface area contributed by atoms with E-state index in [1.165, 1.54) is 18.3 Å². The Bertz CT molecular complexity index is 1390. The maximum Gasteiger partial charge on any atom is 0.501 e. The van der Waals surface area contributed by atoms with Gasteiger partial charge in [-0.3, -0.25) is 9.78 Å². The highest BCUT2D eigenvalue weighted by Crippen LogP contribution is 2.35. The summed E-state index contributed by atoms with van der Waals surface area (Å²) in [7, 11) is -5.57. The lowest BCUT2D eigenvalue weighted by molar-refractivity contribution is -0.118. The molecule has 2 atom stereocenters. The molecule has 12 heteroatoms. The summed E-state index contributed by atoms with van der Waals surface area (Å²) in [6, 6.07) is 8.80. The zero-order valence-corrected chi connectivity index (χ0v) is 18.8. The second-order valence-electron chi connectivity index (χ2n) is 7.80. The number of nitrogens with one attached hydrogen (secondary N) is 1. The van der Waals surface area contributed by atoms with Gasteiger partial charge in [-0.15, -0.1) is 0 Å². The number of imide groups is 1. The van der Waals surface area contributed by atoms with Crippen molar-refractivity contribution in [1.82, 2.24) is 10.3 Å². The number of aromatic nitrogens is 1. The van der Waals surface area contributed by atoms with E-state index in [4.69, 9.17) is 0 Å². The van der Waals surface area contributed by atoms with Crippen LogP contribution in [0.4, 0.5) is 28.0 Å². The average molecular weight is 507 g/mol. The highest BCUT2D eigenvalue weighted by Gasteiger charge is 2.47. The fourth-order valence-corrected chi connectivity index (χ4v) is 4.60. The molecule has 3 aromatic rings. The van der Waals surface area contributed by atoms with E-state index in [1.54, 1.807) is 31.3 Å². The molecule has 2 unspecified atom stereocenters. The van der Waals surface area contributed by atoms with Gasteiger partial charge in [-0.25, -0.2) is 22.5 Å². The lowest BCUT2D eigenvalue weighted by Crippen LogP contribution is -2.35. The third-order valence-corrected chi connectivity index (χ3v) is 7.18. The number of amides is 3. The van der Waals surface area contributed by atoms with Crippen LogP contribution in [0.5, 0.6) is 0 Å². The minimum Gasteiger partial charge on any atom is -0.325 e. The highest BCUT2D eigenvalue weighted by atomic mass is 32.2. The molecule has 0 saturated carbocycles. The first-order chi connectivity index (χ1) is 16.4. The van der Waals surface area contributed by atoms with Gasteiger partial charge in [0.05, 0.1) is 10.6 Å². The standard InChI is InChI=1S/C23H17F4N3O4S/c1-13(18-10-11-28-12-19(18)14-2-4-15(24)5-3-14)20-21(31)30(22(32)29-20)16-6-8-17(9-7-16)35(33,34)23(25,26)27/h2-13,20H,1H3,(H,29,32). The van der Waals surface area contributed by atoms with Crippen LogP contribution < -0.4 is 10.2 Å². The Kier molecular flexibility index (Phi) is 6.09. The predicted octanol–water partition coefficient (Wildman–Crippen LogP) is 4.41. The molecule has 2 heterocycles. The molecular weight excluding hydrogens is 490 g/mol. The molecule has 1 aromatic heterocycles. The van der Waals surface area contributed by atoms with Crippen molar-refractivity contribution < 1.29 is 35.6 Å². The molecule has 0 aliphatic carbocycles. The number of carbonyl (C=O) groups excluding carboxylic acids is 2. The van der Waals surface area contributed by atoms with E-state index in [0.29, 0.717) is 28.8 Å². The van der Waals surface area contributed by atoms with Gasteiger partial charge in [-0.2, -0.15) is 13.2 Å². The number of halogens is 4. The molecule has 35 heavy (non-hydrogen) atoms. The van der Waals surface area contributed by atoms with Crippen LogP contribution in [0, 0.1) is 5.82 Å². The van der Waals surface area contributed by atoms with E-state index in [1.807, 2.05) is 0 Å². The smallest absolute Gasteiger partial charge is 0.325 e. The lowest BCUT2D eigenvalue weighted by Gasteiger charge is -2.21. The Labute approximate surface area is 197 Å². The normalized spacial score (nSPS) is 17.4. The molecule has 3 amide bonds. The Morgan fingerprint density at radius 3 is 2.23 bits per heavy atom. The summed E-state index contributed by atoms with van der Waals surface area (Å²) >= 11 is 0. The molecule has 0 spiro atoms. The van der Waals surface area contributed by atoms with Crippen LogP contribution in [-0.4, -0.2) is 36.9 Å². The minimum absolute atomic E-state index is 0.0863. The Hall–Kier alpha value is -3.80. The van der Waals surface area contributed by atoms with Gasteiger partial charge in [-0.05, 0) is 53.6 Å². The number of sulfone groups is 1. The van der Waals surface area contributed by atoms with E-state index in [9.17, 15) is 35.6 Å². The van der Waals surface area contributed by atoms with Crippen LogP contribution in [0.2, 0.25) is 0 Å². The summed E-state index contributed by atoms with van der Waals surface area (Å²) in [5.74, 6) is -1.66. The Morgan fingerprint density at radius 2 is 1.63 bits per heavy atom. The van der Waals surface area contributed by atoms with Crippen molar-refractivity contribution in [3.63, 3.8) is 0 Å². The molecule has 1 saturated heterocycles. The first kappa shape index (κ1) is 24.3. The summed E-state index contributed by atoms with van der Waals surface area (Å²) in [5, 5.41) is 2.57. The number of hydrogen-bond acceptors (Lipinski definition) is 5. The summed E-state index contributed by atoms with van der Waals surface area (Å²) in [4.78, 5) is 29.6. The quantitative estimate of drug-likeness (QED) is 0.408. The van der Waals surface area contributed by atoms with Crippen molar-refractivity contribution in [2.75, 3.05) is 4.90 Å². The summed E-state index contributed by atoms with van der Waals surface area (Å²) in [6.45, 7) is 1.70. The van der Waals surface area contributed by atoms with Gasteiger partial charge < -0.3 is 5.32 Å². The van der Waals surface area contributed by atoms with Gasteiger partial charge in [0.25, 0.3) is 15.7 Å². The first-order valence-corrected chi connectivity index (χ1v) is 11.7. The fourth-order valence-electron chi connectivity index (χ4n) is 3.84. The molecule has 2 aromatic carbocycles. The van der Waals surface area contributed by atoms with Crippen molar-refractivity contribution in [3.8, 4) is 11.1 Å². The van der Waals surface area contributed by atoms with E-state index < -0.39 is 50.0 Å². The van der Waals surface area contributed by atoms with Gasteiger partial charge >= 0.3 is 11.5 Å². The number of alkyl halides is 3. The van der Waals surface area contributed by atoms with Gasteiger partial charge in [-0.1, -0.05) is 19.1 Å². The second kappa shape index (κ2) is 8.77.